The summed E-state index contributed by atoms with van der Waals surface area (Å²) in [6, 6.07) is 0. The van der Waals surface area contributed by atoms with Gasteiger partial charge in [-0.1, -0.05) is 18.5 Å². The van der Waals surface area contributed by atoms with Crippen molar-refractivity contribution in [2.75, 3.05) is 20.7 Å². The third kappa shape index (κ3) is 6.96. The highest BCUT2D eigenvalue weighted by Crippen LogP contribution is 2.25. The highest BCUT2D eigenvalue weighted by molar-refractivity contribution is 7.36. The number of hydrogen-bond donors (Lipinski definition) is 0. The number of ether oxygens (including phenoxy) is 1. The van der Waals surface area contributed by atoms with Crippen molar-refractivity contribution in [2.24, 2.45) is 0 Å². The van der Waals surface area contributed by atoms with Crippen molar-refractivity contribution in [3.63, 3.8) is 0 Å². The molecule has 15 heavy (non-hydrogen) atoms. The maximum Gasteiger partial charge on any atom is 0.615 e. The molecule has 90 valence electrons. The molecule has 0 N–H and O–H groups in total. The van der Waals surface area contributed by atoms with Gasteiger partial charge in [0.1, 0.15) is 6.61 Å². The van der Waals surface area contributed by atoms with Crippen molar-refractivity contribution in [1.82, 2.24) is 4.67 Å². The third-order valence-corrected chi connectivity index (χ3v) is 3.18. The van der Waals surface area contributed by atoms with Crippen molar-refractivity contribution >= 4 is 8.18 Å². The second-order valence-corrected chi connectivity index (χ2v) is 5.30. The Morgan fingerprint density at radius 2 is 1.87 bits per heavy atom. The molecule has 0 spiro atoms. The topological polar surface area (TPSA) is 38.8 Å². The van der Waals surface area contributed by atoms with Crippen LogP contribution in [0.1, 0.15) is 33.6 Å². The van der Waals surface area contributed by atoms with Crippen molar-refractivity contribution < 1.29 is 13.8 Å². The lowest BCUT2D eigenvalue weighted by Crippen LogP contribution is -2.23. The summed E-state index contributed by atoms with van der Waals surface area (Å²) in [6.07, 6.45) is 2.13. The molecular weight excluding hydrogens is 213 g/mol. The first-order valence-corrected chi connectivity index (χ1v) is 6.57. The summed E-state index contributed by atoms with van der Waals surface area (Å²) in [5, 5.41) is 0. The zero-order valence-corrected chi connectivity index (χ0v) is 11.3. The van der Waals surface area contributed by atoms with E-state index < -0.39 is 8.18 Å². The first-order chi connectivity index (χ1) is 7.01. The van der Waals surface area contributed by atoms with Gasteiger partial charge in [0.25, 0.3) is 0 Å². The molecule has 0 saturated carbocycles. The Hall–Kier alpha value is -0.0200. The van der Waals surface area contributed by atoms with Crippen LogP contribution in [0.4, 0.5) is 0 Å². The SMILES string of the molecule is CCC(C)O[C@@H](CC)CO[P+](=O)N(C)C. The zero-order valence-electron chi connectivity index (χ0n) is 10.4. The fourth-order valence-electron chi connectivity index (χ4n) is 0.940. The first kappa shape index (κ1) is 15.0. The van der Waals surface area contributed by atoms with Gasteiger partial charge in [0, 0.05) is 14.1 Å². The Morgan fingerprint density at radius 1 is 1.27 bits per heavy atom. The molecule has 0 rings (SSSR count). The molecule has 0 radical (unpaired) electrons. The lowest BCUT2D eigenvalue weighted by Gasteiger charge is -2.18. The molecule has 0 saturated heterocycles. The largest absolute Gasteiger partial charge is 0.615 e. The lowest BCUT2D eigenvalue weighted by molar-refractivity contribution is -0.0278. The minimum atomic E-state index is -1.70. The van der Waals surface area contributed by atoms with Crippen LogP contribution in [0.3, 0.4) is 0 Å². The smallest absolute Gasteiger partial charge is 0.373 e. The minimum absolute atomic E-state index is 0.0406. The molecule has 0 aromatic heterocycles. The Morgan fingerprint density at radius 3 is 2.27 bits per heavy atom. The van der Waals surface area contributed by atoms with Crippen LogP contribution < -0.4 is 0 Å². The van der Waals surface area contributed by atoms with E-state index in [1.807, 2.05) is 13.8 Å². The van der Waals surface area contributed by atoms with E-state index in [0.29, 0.717) is 6.61 Å². The summed E-state index contributed by atoms with van der Waals surface area (Å²) in [4.78, 5) is 0. The van der Waals surface area contributed by atoms with Crippen molar-refractivity contribution in [3.05, 3.63) is 0 Å². The summed E-state index contributed by atoms with van der Waals surface area (Å²) >= 11 is 0. The molecule has 0 aromatic carbocycles. The highest BCUT2D eigenvalue weighted by atomic mass is 31.1. The molecule has 0 heterocycles. The highest BCUT2D eigenvalue weighted by Gasteiger charge is 2.24. The molecule has 0 aliphatic heterocycles. The van der Waals surface area contributed by atoms with E-state index in [1.165, 1.54) is 0 Å². The molecular formula is C10H23NO3P+. The fraction of sp³-hybridized carbons (Fsp3) is 1.00. The zero-order chi connectivity index (χ0) is 11.8. The maximum atomic E-state index is 11.3. The van der Waals surface area contributed by atoms with E-state index in [0.717, 1.165) is 12.8 Å². The second kappa shape index (κ2) is 8.17. The molecule has 0 aliphatic rings. The predicted octanol–water partition coefficient (Wildman–Crippen LogP) is 2.82. The van der Waals surface area contributed by atoms with Gasteiger partial charge in [-0.3, -0.25) is 0 Å². The second-order valence-electron chi connectivity index (χ2n) is 3.77. The minimum Gasteiger partial charge on any atom is -0.373 e. The van der Waals surface area contributed by atoms with Gasteiger partial charge < -0.3 is 4.74 Å². The van der Waals surface area contributed by atoms with E-state index in [-0.39, 0.29) is 12.2 Å². The number of nitrogens with zero attached hydrogens (tertiary/aromatic N) is 1. The molecule has 0 fully saturated rings. The quantitative estimate of drug-likeness (QED) is 0.607. The molecule has 0 aliphatic carbocycles. The molecule has 2 unspecified atom stereocenters. The Kier molecular flexibility index (Phi) is 8.16. The van der Waals surface area contributed by atoms with E-state index in [9.17, 15) is 4.57 Å². The van der Waals surface area contributed by atoms with Crippen LogP contribution in [0.2, 0.25) is 0 Å². The van der Waals surface area contributed by atoms with Gasteiger partial charge in [-0.25, -0.2) is 0 Å². The van der Waals surface area contributed by atoms with Crippen LogP contribution in [0.15, 0.2) is 0 Å². The average Bonchev–Trinajstić information content (AvgIpc) is 2.22. The summed E-state index contributed by atoms with van der Waals surface area (Å²) < 4.78 is 23.8. The van der Waals surface area contributed by atoms with Crippen LogP contribution in [-0.4, -0.2) is 37.6 Å². The van der Waals surface area contributed by atoms with Gasteiger partial charge in [0.15, 0.2) is 0 Å². The van der Waals surface area contributed by atoms with Crippen LogP contribution in [0, 0.1) is 0 Å². The molecule has 0 aromatic rings. The molecule has 4 nitrogen and oxygen atoms in total. The Bertz CT molecular complexity index is 188. The maximum absolute atomic E-state index is 11.3. The van der Waals surface area contributed by atoms with Gasteiger partial charge in [-0.15, -0.1) is 4.52 Å². The van der Waals surface area contributed by atoms with Gasteiger partial charge in [0.2, 0.25) is 0 Å². The van der Waals surface area contributed by atoms with E-state index >= 15 is 0 Å². The van der Waals surface area contributed by atoms with E-state index in [1.54, 1.807) is 18.8 Å². The normalized spacial score (nSPS) is 16.5. The van der Waals surface area contributed by atoms with Crippen LogP contribution in [-0.2, 0) is 13.8 Å². The summed E-state index contributed by atoms with van der Waals surface area (Å²) in [7, 11) is 1.76. The van der Waals surface area contributed by atoms with Gasteiger partial charge in [-0.05, 0) is 24.3 Å². The Labute approximate surface area is 93.9 Å². The monoisotopic (exact) mass is 236 g/mol. The third-order valence-electron chi connectivity index (χ3n) is 2.15. The standard InChI is InChI=1S/C10H23NO3P/c1-6-9(3)14-10(7-2)8-13-15(12)11(4)5/h9-10H,6-8H2,1-5H3/q+1/t9?,10-/m0/s1. The van der Waals surface area contributed by atoms with E-state index in [4.69, 9.17) is 9.26 Å². The molecule has 0 bridgehead atoms. The number of hydrogen-bond acceptors (Lipinski definition) is 3. The van der Waals surface area contributed by atoms with Crippen LogP contribution in [0.5, 0.6) is 0 Å². The summed E-state index contributed by atoms with van der Waals surface area (Å²) in [5.41, 5.74) is 0. The van der Waals surface area contributed by atoms with Gasteiger partial charge in [-0.2, -0.15) is 0 Å². The molecule has 3 atom stereocenters. The summed E-state index contributed by atoms with van der Waals surface area (Å²) in [6.45, 7) is 6.56. The Balaban J connectivity index is 3.84. The van der Waals surface area contributed by atoms with Gasteiger partial charge >= 0.3 is 8.18 Å². The van der Waals surface area contributed by atoms with Crippen molar-refractivity contribution in [3.8, 4) is 0 Å². The van der Waals surface area contributed by atoms with Crippen LogP contribution >= 0.6 is 8.18 Å². The van der Waals surface area contributed by atoms with E-state index in [2.05, 4.69) is 6.92 Å². The van der Waals surface area contributed by atoms with Crippen molar-refractivity contribution in [2.45, 2.75) is 45.8 Å². The lowest BCUT2D eigenvalue weighted by atomic mass is 10.2. The fourth-order valence-corrected chi connectivity index (χ4v) is 1.47. The number of rotatable bonds is 8. The predicted molar refractivity (Wildman–Crippen MR) is 62.2 cm³/mol. The molecule has 0 amide bonds. The first-order valence-electron chi connectivity index (χ1n) is 5.44. The molecule has 5 heteroatoms. The van der Waals surface area contributed by atoms with Crippen LogP contribution in [0.25, 0.3) is 0 Å². The van der Waals surface area contributed by atoms with Gasteiger partial charge in [0.05, 0.1) is 12.2 Å². The van der Waals surface area contributed by atoms with Crippen molar-refractivity contribution in [1.29, 1.82) is 0 Å². The summed E-state index contributed by atoms with van der Waals surface area (Å²) in [5.74, 6) is 0. The average molecular weight is 236 g/mol.